The normalized spacial score (nSPS) is 11.2. The van der Waals surface area contributed by atoms with E-state index in [1.54, 1.807) is 12.1 Å². The van der Waals surface area contributed by atoms with Crippen molar-refractivity contribution in [1.82, 2.24) is 14.9 Å². The van der Waals surface area contributed by atoms with Crippen molar-refractivity contribution in [2.75, 3.05) is 13.2 Å². The van der Waals surface area contributed by atoms with E-state index in [-0.39, 0.29) is 11.5 Å². The van der Waals surface area contributed by atoms with E-state index in [1.165, 1.54) is 17.7 Å². The molecule has 1 N–H and O–H groups in total. The number of hydrogen-bond acceptors (Lipinski definition) is 3. The number of carbonyl (C=O) groups excluding carboxylic acids is 1. The fourth-order valence-electron chi connectivity index (χ4n) is 4.30. The van der Waals surface area contributed by atoms with Crippen LogP contribution in [0.2, 0.25) is 0 Å². The maximum Gasteiger partial charge on any atom is 0.254 e. The molecule has 1 amide bonds. The molecule has 0 aliphatic heterocycles. The summed E-state index contributed by atoms with van der Waals surface area (Å²) in [5, 5.41) is 2.81. The molecule has 0 saturated carbocycles. The minimum absolute atomic E-state index is 0.0873. The average Bonchev–Trinajstić information content (AvgIpc) is 3.24. The number of rotatable bonds is 12. The molecule has 0 unspecified atom stereocenters. The van der Waals surface area contributed by atoms with Crippen molar-refractivity contribution in [3.05, 3.63) is 95.6 Å². The molecule has 188 valence electrons. The summed E-state index contributed by atoms with van der Waals surface area (Å²) in [5.41, 5.74) is 3.50. The van der Waals surface area contributed by atoms with Gasteiger partial charge in [-0.1, -0.05) is 56.7 Å². The quantitative estimate of drug-likeness (QED) is 0.232. The predicted molar refractivity (Wildman–Crippen MR) is 142 cm³/mol. The zero-order chi connectivity index (χ0) is 25.3. The first-order valence-corrected chi connectivity index (χ1v) is 12.7. The van der Waals surface area contributed by atoms with Gasteiger partial charge in [-0.2, -0.15) is 0 Å². The van der Waals surface area contributed by atoms with Crippen LogP contribution in [0.25, 0.3) is 11.0 Å². The Labute approximate surface area is 212 Å². The van der Waals surface area contributed by atoms with Crippen molar-refractivity contribution in [3.8, 4) is 5.75 Å². The van der Waals surface area contributed by atoms with E-state index in [9.17, 15) is 9.18 Å². The second kappa shape index (κ2) is 12.3. The van der Waals surface area contributed by atoms with Crippen LogP contribution >= 0.6 is 0 Å². The number of aromatic nitrogens is 2. The SMILES string of the molecule is CC(C)c1ccc(OCCn2c(CCCCCNC(=O)c3ccccc3F)nc3ccccc32)cc1. The van der Waals surface area contributed by atoms with Crippen molar-refractivity contribution in [1.29, 1.82) is 0 Å². The first kappa shape index (κ1) is 25.4. The molecule has 0 saturated heterocycles. The lowest BCUT2D eigenvalue weighted by Gasteiger charge is -2.12. The van der Waals surface area contributed by atoms with Crippen LogP contribution in [0, 0.1) is 5.82 Å². The fourth-order valence-corrected chi connectivity index (χ4v) is 4.30. The molecule has 6 heteroatoms. The third kappa shape index (κ3) is 6.51. The molecule has 4 rings (SSSR count). The number of para-hydroxylation sites is 2. The van der Waals surface area contributed by atoms with Crippen molar-refractivity contribution >= 4 is 16.9 Å². The van der Waals surface area contributed by atoms with Crippen LogP contribution in [-0.2, 0) is 13.0 Å². The summed E-state index contributed by atoms with van der Waals surface area (Å²) >= 11 is 0. The molecule has 0 fully saturated rings. The minimum atomic E-state index is -0.495. The molecular weight excluding hydrogens is 453 g/mol. The van der Waals surface area contributed by atoms with E-state index in [0.717, 1.165) is 54.8 Å². The van der Waals surface area contributed by atoms with Gasteiger partial charge in [0.15, 0.2) is 0 Å². The van der Waals surface area contributed by atoms with E-state index < -0.39 is 5.82 Å². The molecule has 0 radical (unpaired) electrons. The van der Waals surface area contributed by atoms with Crippen LogP contribution in [0.15, 0.2) is 72.8 Å². The lowest BCUT2D eigenvalue weighted by molar-refractivity contribution is 0.0949. The minimum Gasteiger partial charge on any atom is -0.492 e. The molecule has 1 heterocycles. The Morgan fingerprint density at radius 2 is 1.72 bits per heavy atom. The van der Waals surface area contributed by atoms with Crippen LogP contribution in [0.4, 0.5) is 4.39 Å². The summed E-state index contributed by atoms with van der Waals surface area (Å²) in [6.45, 7) is 6.18. The van der Waals surface area contributed by atoms with Gasteiger partial charge in [-0.05, 0) is 60.7 Å². The number of hydrogen-bond donors (Lipinski definition) is 1. The number of unbranched alkanes of at least 4 members (excludes halogenated alkanes) is 2. The van der Waals surface area contributed by atoms with Crippen LogP contribution in [0.3, 0.4) is 0 Å². The van der Waals surface area contributed by atoms with Crippen LogP contribution < -0.4 is 10.1 Å². The number of nitrogens with one attached hydrogen (secondary N) is 1. The lowest BCUT2D eigenvalue weighted by Crippen LogP contribution is -2.25. The molecule has 3 aromatic carbocycles. The number of halogens is 1. The third-order valence-electron chi connectivity index (χ3n) is 6.35. The number of benzene rings is 3. The number of fused-ring (bicyclic) bond motifs is 1. The molecular formula is C30H34FN3O2. The average molecular weight is 488 g/mol. The molecule has 0 atom stereocenters. The molecule has 4 aromatic rings. The van der Waals surface area contributed by atoms with Gasteiger partial charge in [0.25, 0.3) is 5.91 Å². The van der Waals surface area contributed by atoms with E-state index in [0.29, 0.717) is 19.1 Å². The summed E-state index contributed by atoms with van der Waals surface area (Å²) < 4.78 is 22.0. The van der Waals surface area contributed by atoms with Gasteiger partial charge in [0.2, 0.25) is 0 Å². The zero-order valence-corrected chi connectivity index (χ0v) is 21.0. The zero-order valence-electron chi connectivity index (χ0n) is 21.0. The van der Waals surface area contributed by atoms with Crippen molar-refractivity contribution < 1.29 is 13.9 Å². The number of imidazole rings is 1. The lowest BCUT2D eigenvalue weighted by atomic mass is 10.0. The van der Waals surface area contributed by atoms with Crippen LogP contribution in [0.5, 0.6) is 5.75 Å². The molecule has 0 bridgehead atoms. The van der Waals surface area contributed by atoms with E-state index in [1.807, 2.05) is 30.3 Å². The highest BCUT2D eigenvalue weighted by molar-refractivity contribution is 5.94. The van der Waals surface area contributed by atoms with E-state index in [2.05, 4.69) is 41.9 Å². The maximum absolute atomic E-state index is 13.7. The third-order valence-corrected chi connectivity index (χ3v) is 6.35. The summed E-state index contributed by atoms with van der Waals surface area (Å²) in [4.78, 5) is 17.0. The topological polar surface area (TPSA) is 56.1 Å². The van der Waals surface area contributed by atoms with Crippen molar-refractivity contribution in [2.24, 2.45) is 0 Å². The number of nitrogens with zero attached hydrogens (tertiary/aromatic N) is 2. The summed E-state index contributed by atoms with van der Waals surface area (Å²) in [6.07, 6.45) is 3.57. The van der Waals surface area contributed by atoms with Gasteiger partial charge in [0.1, 0.15) is 24.0 Å². The highest BCUT2D eigenvalue weighted by Gasteiger charge is 2.12. The van der Waals surface area contributed by atoms with Gasteiger partial charge in [-0.3, -0.25) is 4.79 Å². The van der Waals surface area contributed by atoms with E-state index in [4.69, 9.17) is 9.72 Å². The molecule has 1 aromatic heterocycles. The highest BCUT2D eigenvalue weighted by atomic mass is 19.1. The van der Waals surface area contributed by atoms with Crippen molar-refractivity contribution in [2.45, 2.75) is 52.0 Å². The number of carbonyl (C=O) groups is 1. The molecule has 0 aliphatic carbocycles. The monoisotopic (exact) mass is 487 g/mol. The Morgan fingerprint density at radius 1 is 0.972 bits per heavy atom. The van der Waals surface area contributed by atoms with E-state index >= 15 is 0 Å². The Morgan fingerprint density at radius 3 is 2.50 bits per heavy atom. The predicted octanol–water partition coefficient (Wildman–Crippen LogP) is 6.52. The summed E-state index contributed by atoms with van der Waals surface area (Å²) in [5.74, 6) is 1.56. The second-order valence-corrected chi connectivity index (χ2v) is 9.29. The van der Waals surface area contributed by atoms with Gasteiger partial charge in [0.05, 0.1) is 23.1 Å². The molecule has 0 aliphatic rings. The molecule has 5 nitrogen and oxygen atoms in total. The standard InChI is InChI=1S/C30H34FN3O2/c1-22(2)23-15-17-24(18-16-23)36-21-20-34-28-13-8-7-12-27(28)33-29(34)14-4-3-9-19-32-30(35)25-10-5-6-11-26(25)31/h5-8,10-13,15-18,22H,3-4,9,14,19-21H2,1-2H3,(H,32,35). The molecule has 0 spiro atoms. The Balaban J connectivity index is 1.27. The Kier molecular flexibility index (Phi) is 8.71. The number of amides is 1. The second-order valence-electron chi connectivity index (χ2n) is 9.29. The highest BCUT2D eigenvalue weighted by Crippen LogP contribution is 2.20. The number of ether oxygens (including phenoxy) is 1. The largest absolute Gasteiger partial charge is 0.492 e. The first-order valence-electron chi connectivity index (χ1n) is 12.7. The summed E-state index contributed by atoms with van der Waals surface area (Å²) in [7, 11) is 0. The summed E-state index contributed by atoms with van der Waals surface area (Å²) in [6, 6.07) is 22.5. The smallest absolute Gasteiger partial charge is 0.254 e. The van der Waals surface area contributed by atoms with Gasteiger partial charge < -0.3 is 14.6 Å². The van der Waals surface area contributed by atoms with Crippen LogP contribution in [-0.4, -0.2) is 28.6 Å². The maximum atomic E-state index is 13.7. The van der Waals surface area contributed by atoms with Gasteiger partial charge >= 0.3 is 0 Å². The first-order chi connectivity index (χ1) is 17.5. The number of aryl methyl sites for hydroxylation is 1. The fraction of sp³-hybridized carbons (Fsp3) is 0.333. The Hall–Kier alpha value is -3.67. The Bertz CT molecular complexity index is 1280. The van der Waals surface area contributed by atoms with Crippen molar-refractivity contribution in [3.63, 3.8) is 0 Å². The van der Waals surface area contributed by atoms with Gasteiger partial charge in [-0.25, -0.2) is 9.37 Å². The van der Waals surface area contributed by atoms with Gasteiger partial charge in [0, 0.05) is 13.0 Å². The van der Waals surface area contributed by atoms with Crippen LogP contribution in [0.1, 0.15) is 60.8 Å². The van der Waals surface area contributed by atoms with Gasteiger partial charge in [-0.15, -0.1) is 0 Å². The molecule has 36 heavy (non-hydrogen) atoms.